The molecule has 1 aliphatic carbocycles. The van der Waals surface area contributed by atoms with E-state index in [0.29, 0.717) is 31.5 Å². The summed E-state index contributed by atoms with van der Waals surface area (Å²) in [5.74, 6) is 1.10. The van der Waals surface area contributed by atoms with Gasteiger partial charge in [-0.2, -0.15) is 4.98 Å². The lowest BCUT2D eigenvalue weighted by Gasteiger charge is -2.19. The Morgan fingerprint density at radius 1 is 1.53 bits per heavy atom. The van der Waals surface area contributed by atoms with E-state index in [1.807, 2.05) is 14.0 Å². The highest BCUT2D eigenvalue weighted by atomic mass is 19.1. The molecule has 1 aliphatic rings. The average Bonchev–Trinajstić information content (AvgIpc) is 3.21. The van der Waals surface area contributed by atoms with E-state index in [9.17, 15) is 4.39 Å². The number of nitrogens with zero attached hydrogens (tertiary/aromatic N) is 3. The summed E-state index contributed by atoms with van der Waals surface area (Å²) in [5, 5.41) is 2.97. The second-order valence-electron chi connectivity index (χ2n) is 4.84. The Labute approximate surface area is 113 Å². The molecular formula is C13H21FN4O. The molecule has 19 heavy (non-hydrogen) atoms. The van der Waals surface area contributed by atoms with E-state index in [2.05, 4.69) is 15.3 Å². The van der Waals surface area contributed by atoms with Crippen molar-refractivity contribution in [3.05, 3.63) is 12.0 Å². The Hall–Kier alpha value is -1.43. The van der Waals surface area contributed by atoms with E-state index in [0.717, 1.165) is 12.5 Å². The summed E-state index contributed by atoms with van der Waals surface area (Å²) < 4.78 is 19.2. The lowest BCUT2D eigenvalue weighted by molar-refractivity contribution is 0.130. The summed E-state index contributed by atoms with van der Waals surface area (Å²) in [4.78, 5) is 9.80. The SMILES string of the molecule is CCNc1ncc(F)c(N(C)CCOCC2CC2)n1. The molecule has 2 rings (SSSR count). The maximum absolute atomic E-state index is 13.7. The largest absolute Gasteiger partial charge is 0.379 e. The molecule has 0 aromatic carbocycles. The maximum Gasteiger partial charge on any atom is 0.224 e. The van der Waals surface area contributed by atoms with Crippen LogP contribution in [0.5, 0.6) is 0 Å². The fourth-order valence-electron chi connectivity index (χ4n) is 1.71. The molecule has 1 aromatic heterocycles. The van der Waals surface area contributed by atoms with Crippen LogP contribution in [-0.4, -0.2) is 43.3 Å². The van der Waals surface area contributed by atoms with E-state index >= 15 is 0 Å². The second kappa shape index (κ2) is 6.65. The van der Waals surface area contributed by atoms with E-state index in [1.165, 1.54) is 19.0 Å². The molecule has 6 heteroatoms. The normalized spacial score (nSPS) is 14.5. The molecular weight excluding hydrogens is 247 g/mol. The number of rotatable bonds is 8. The van der Waals surface area contributed by atoms with E-state index in [-0.39, 0.29) is 0 Å². The second-order valence-corrected chi connectivity index (χ2v) is 4.84. The molecule has 0 aliphatic heterocycles. The molecule has 1 fully saturated rings. The van der Waals surface area contributed by atoms with Gasteiger partial charge in [0.1, 0.15) is 0 Å². The molecule has 0 bridgehead atoms. The van der Waals surface area contributed by atoms with Gasteiger partial charge in [0, 0.05) is 26.7 Å². The van der Waals surface area contributed by atoms with Crippen LogP contribution in [0.4, 0.5) is 16.2 Å². The van der Waals surface area contributed by atoms with Crippen molar-refractivity contribution >= 4 is 11.8 Å². The van der Waals surface area contributed by atoms with Gasteiger partial charge in [0.25, 0.3) is 0 Å². The highest BCUT2D eigenvalue weighted by molar-refractivity contribution is 5.43. The van der Waals surface area contributed by atoms with Crippen LogP contribution in [0.1, 0.15) is 19.8 Å². The molecule has 0 atom stereocenters. The molecule has 106 valence electrons. The molecule has 5 nitrogen and oxygen atoms in total. The van der Waals surface area contributed by atoms with Crippen LogP contribution in [-0.2, 0) is 4.74 Å². The fourth-order valence-corrected chi connectivity index (χ4v) is 1.71. The van der Waals surface area contributed by atoms with Gasteiger partial charge in [-0.3, -0.25) is 0 Å². The van der Waals surface area contributed by atoms with Crippen LogP contribution in [0.15, 0.2) is 6.20 Å². The number of hydrogen-bond donors (Lipinski definition) is 1. The Balaban J connectivity index is 1.84. The van der Waals surface area contributed by atoms with Gasteiger partial charge in [0.15, 0.2) is 11.6 Å². The van der Waals surface area contributed by atoms with Gasteiger partial charge in [0.05, 0.1) is 12.8 Å². The Morgan fingerprint density at radius 2 is 2.32 bits per heavy atom. The monoisotopic (exact) mass is 268 g/mol. The smallest absolute Gasteiger partial charge is 0.224 e. The van der Waals surface area contributed by atoms with Crippen molar-refractivity contribution in [2.75, 3.05) is 43.6 Å². The third kappa shape index (κ3) is 4.31. The number of hydrogen-bond acceptors (Lipinski definition) is 5. The van der Waals surface area contributed by atoms with Gasteiger partial charge in [-0.1, -0.05) is 0 Å². The summed E-state index contributed by atoms with van der Waals surface area (Å²) in [6, 6.07) is 0. The first-order valence-electron chi connectivity index (χ1n) is 6.76. The highest BCUT2D eigenvalue weighted by Gasteiger charge is 2.21. The predicted octanol–water partition coefficient (Wildman–Crippen LogP) is 1.91. The summed E-state index contributed by atoms with van der Waals surface area (Å²) >= 11 is 0. The minimum absolute atomic E-state index is 0.306. The van der Waals surface area contributed by atoms with Crippen molar-refractivity contribution in [2.45, 2.75) is 19.8 Å². The van der Waals surface area contributed by atoms with Crippen molar-refractivity contribution in [3.8, 4) is 0 Å². The number of aromatic nitrogens is 2. The van der Waals surface area contributed by atoms with Gasteiger partial charge in [-0.25, -0.2) is 9.37 Å². The van der Waals surface area contributed by atoms with E-state index in [1.54, 1.807) is 4.90 Å². The summed E-state index contributed by atoms with van der Waals surface area (Å²) in [6.45, 7) is 4.68. The lowest BCUT2D eigenvalue weighted by Crippen LogP contribution is -2.25. The molecule has 0 radical (unpaired) electrons. The van der Waals surface area contributed by atoms with Gasteiger partial charge in [-0.05, 0) is 25.7 Å². The number of likely N-dealkylation sites (N-methyl/N-ethyl adjacent to an activating group) is 1. The van der Waals surface area contributed by atoms with Crippen LogP contribution in [0, 0.1) is 11.7 Å². The molecule has 0 amide bonds. The van der Waals surface area contributed by atoms with Crippen LogP contribution in [0.3, 0.4) is 0 Å². The zero-order valence-corrected chi connectivity index (χ0v) is 11.5. The zero-order chi connectivity index (χ0) is 13.7. The predicted molar refractivity (Wildman–Crippen MR) is 73.0 cm³/mol. The Bertz CT molecular complexity index is 412. The van der Waals surface area contributed by atoms with Gasteiger partial charge in [0.2, 0.25) is 5.95 Å². The van der Waals surface area contributed by atoms with Crippen molar-refractivity contribution in [2.24, 2.45) is 5.92 Å². The van der Waals surface area contributed by atoms with Crippen molar-refractivity contribution in [1.82, 2.24) is 9.97 Å². The zero-order valence-electron chi connectivity index (χ0n) is 11.5. The van der Waals surface area contributed by atoms with Crippen LogP contribution in [0.2, 0.25) is 0 Å². The summed E-state index contributed by atoms with van der Waals surface area (Å²) in [6.07, 6.45) is 3.76. The third-order valence-corrected chi connectivity index (χ3v) is 3.04. The van der Waals surface area contributed by atoms with Crippen LogP contribution in [0.25, 0.3) is 0 Å². The topological polar surface area (TPSA) is 50.3 Å². The first-order valence-corrected chi connectivity index (χ1v) is 6.76. The molecule has 1 heterocycles. The average molecular weight is 268 g/mol. The van der Waals surface area contributed by atoms with Crippen LogP contribution < -0.4 is 10.2 Å². The number of halogens is 1. The highest BCUT2D eigenvalue weighted by Crippen LogP contribution is 2.28. The molecule has 0 unspecified atom stereocenters. The summed E-state index contributed by atoms with van der Waals surface area (Å²) in [5.41, 5.74) is 0. The van der Waals surface area contributed by atoms with Gasteiger partial charge in [-0.15, -0.1) is 0 Å². The van der Waals surface area contributed by atoms with Crippen molar-refractivity contribution in [1.29, 1.82) is 0 Å². The van der Waals surface area contributed by atoms with E-state index in [4.69, 9.17) is 4.74 Å². The standard InChI is InChI=1S/C13H21FN4O/c1-3-15-13-16-8-11(14)12(17-13)18(2)6-7-19-9-10-4-5-10/h8,10H,3-7,9H2,1-2H3,(H,15,16,17). The number of nitrogens with one attached hydrogen (secondary N) is 1. The first kappa shape index (κ1) is 14.0. The molecule has 1 aromatic rings. The molecule has 1 N–H and O–H groups in total. The lowest BCUT2D eigenvalue weighted by atomic mass is 10.4. The summed E-state index contributed by atoms with van der Waals surface area (Å²) in [7, 11) is 1.81. The quantitative estimate of drug-likeness (QED) is 0.730. The first-order chi connectivity index (χ1) is 9.20. The number of anilines is 2. The maximum atomic E-state index is 13.7. The third-order valence-electron chi connectivity index (χ3n) is 3.04. The molecule has 1 saturated carbocycles. The minimum atomic E-state index is -0.411. The Kier molecular flexibility index (Phi) is 4.90. The fraction of sp³-hybridized carbons (Fsp3) is 0.692. The minimum Gasteiger partial charge on any atom is -0.379 e. The van der Waals surface area contributed by atoms with Crippen molar-refractivity contribution < 1.29 is 9.13 Å². The molecule has 0 saturated heterocycles. The number of ether oxygens (including phenoxy) is 1. The van der Waals surface area contributed by atoms with Crippen molar-refractivity contribution in [3.63, 3.8) is 0 Å². The van der Waals surface area contributed by atoms with Gasteiger partial charge < -0.3 is 15.0 Å². The van der Waals surface area contributed by atoms with E-state index < -0.39 is 5.82 Å². The van der Waals surface area contributed by atoms with Gasteiger partial charge >= 0.3 is 0 Å². The van der Waals surface area contributed by atoms with Crippen LogP contribution >= 0.6 is 0 Å². The Morgan fingerprint density at radius 3 is 3.00 bits per heavy atom. The molecule has 0 spiro atoms.